The van der Waals surface area contributed by atoms with Gasteiger partial charge in [-0.05, 0) is 31.9 Å². The number of para-hydroxylation sites is 1. The number of amides is 2. The minimum Gasteiger partial charge on any atom is -0.324 e. The number of carbonyl (C=O) groups excluding carboxylic acids is 1. The first kappa shape index (κ1) is 13.3. The summed E-state index contributed by atoms with van der Waals surface area (Å²) in [6.45, 7) is 2.94. The molecule has 0 radical (unpaired) electrons. The molecule has 1 heterocycles. The van der Waals surface area contributed by atoms with Crippen molar-refractivity contribution in [1.82, 2.24) is 4.90 Å². The molecule has 1 aromatic carbocycles. The second kappa shape index (κ2) is 5.27. The van der Waals surface area contributed by atoms with Gasteiger partial charge in [0, 0.05) is 13.1 Å². The number of halogens is 1. The number of nitrogens with zero attached hydrogens (tertiary/aromatic N) is 2. The van der Waals surface area contributed by atoms with Gasteiger partial charge in [0.25, 0.3) is 0 Å². The Morgan fingerprint density at radius 1 is 1.42 bits per heavy atom. The van der Waals surface area contributed by atoms with Gasteiger partial charge in [-0.15, -0.1) is 0 Å². The molecule has 0 aromatic heterocycles. The van der Waals surface area contributed by atoms with E-state index in [1.54, 1.807) is 17.0 Å². The van der Waals surface area contributed by atoms with Crippen molar-refractivity contribution in [2.45, 2.75) is 19.8 Å². The zero-order valence-electron chi connectivity index (χ0n) is 10.8. The largest absolute Gasteiger partial charge is 0.324 e. The molecular weight excluding hydrogens is 245 g/mol. The standard InChI is InChI=1S/C14H16FN3O/c1-14(10-16)6-8-18(9-7-14)13(19)17-12-5-3-2-4-11(12)15/h2-5H,6-9H2,1H3,(H,17,19). The van der Waals surface area contributed by atoms with E-state index in [9.17, 15) is 9.18 Å². The highest BCUT2D eigenvalue weighted by atomic mass is 19.1. The van der Waals surface area contributed by atoms with E-state index in [1.165, 1.54) is 12.1 Å². The summed E-state index contributed by atoms with van der Waals surface area (Å²) in [5.41, 5.74) is -0.171. The molecule has 0 unspecified atom stereocenters. The maximum atomic E-state index is 13.4. The van der Waals surface area contributed by atoms with Gasteiger partial charge >= 0.3 is 6.03 Å². The second-order valence-corrected chi connectivity index (χ2v) is 5.07. The zero-order valence-corrected chi connectivity index (χ0v) is 10.8. The number of hydrogen-bond donors (Lipinski definition) is 1. The summed E-state index contributed by atoms with van der Waals surface area (Å²) in [7, 11) is 0. The van der Waals surface area contributed by atoms with Crippen LogP contribution in [0, 0.1) is 22.6 Å². The van der Waals surface area contributed by atoms with E-state index in [-0.39, 0.29) is 17.1 Å². The fourth-order valence-electron chi connectivity index (χ4n) is 2.07. The van der Waals surface area contributed by atoms with E-state index < -0.39 is 5.82 Å². The highest BCUT2D eigenvalue weighted by molar-refractivity contribution is 5.89. The molecule has 1 fully saturated rings. The molecule has 0 saturated carbocycles. The molecule has 19 heavy (non-hydrogen) atoms. The Morgan fingerprint density at radius 2 is 2.05 bits per heavy atom. The second-order valence-electron chi connectivity index (χ2n) is 5.07. The van der Waals surface area contributed by atoms with Crippen LogP contribution in [0.1, 0.15) is 19.8 Å². The lowest BCUT2D eigenvalue weighted by atomic mass is 9.82. The normalized spacial score (nSPS) is 17.6. The first-order chi connectivity index (χ1) is 9.04. The third-order valence-corrected chi connectivity index (χ3v) is 3.54. The SMILES string of the molecule is CC1(C#N)CCN(C(=O)Nc2ccccc2F)CC1. The molecular formula is C14H16FN3O. The van der Waals surface area contributed by atoms with Crippen molar-refractivity contribution in [2.24, 2.45) is 5.41 Å². The smallest absolute Gasteiger partial charge is 0.321 e. The van der Waals surface area contributed by atoms with Crippen LogP contribution >= 0.6 is 0 Å². The third kappa shape index (κ3) is 3.02. The van der Waals surface area contributed by atoms with Crippen LogP contribution in [0.2, 0.25) is 0 Å². The highest BCUT2D eigenvalue weighted by Gasteiger charge is 2.31. The summed E-state index contributed by atoms with van der Waals surface area (Å²) in [5.74, 6) is -0.449. The molecule has 5 heteroatoms. The van der Waals surface area contributed by atoms with Gasteiger partial charge in [-0.25, -0.2) is 9.18 Å². The van der Waals surface area contributed by atoms with E-state index in [4.69, 9.17) is 5.26 Å². The number of nitrogens with one attached hydrogen (secondary N) is 1. The van der Waals surface area contributed by atoms with Crippen LogP contribution in [0.25, 0.3) is 0 Å². The monoisotopic (exact) mass is 261 g/mol. The molecule has 1 saturated heterocycles. The third-order valence-electron chi connectivity index (χ3n) is 3.54. The lowest BCUT2D eigenvalue weighted by Crippen LogP contribution is -2.43. The van der Waals surface area contributed by atoms with Gasteiger partial charge in [0.05, 0.1) is 17.2 Å². The van der Waals surface area contributed by atoms with Crippen molar-refractivity contribution < 1.29 is 9.18 Å². The highest BCUT2D eigenvalue weighted by Crippen LogP contribution is 2.30. The van der Waals surface area contributed by atoms with Crippen molar-refractivity contribution in [3.8, 4) is 6.07 Å². The van der Waals surface area contributed by atoms with Crippen LogP contribution in [0.4, 0.5) is 14.9 Å². The summed E-state index contributed by atoms with van der Waals surface area (Å²) in [6.07, 6.45) is 1.29. The first-order valence-corrected chi connectivity index (χ1v) is 6.26. The number of carbonyl (C=O) groups is 1. The minimum atomic E-state index is -0.449. The van der Waals surface area contributed by atoms with E-state index >= 15 is 0 Å². The zero-order chi connectivity index (χ0) is 13.9. The number of anilines is 1. The van der Waals surface area contributed by atoms with Crippen LogP contribution in [-0.4, -0.2) is 24.0 Å². The summed E-state index contributed by atoms with van der Waals surface area (Å²) in [6, 6.07) is 8.04. The van der Waals surface area contributed by atoms with Crippen LogP contribution in [0.5, 0.6) is 0 Å². The van der Waals surface area contributed by atoms with Gasteiger partial charge in [0.15, 0.2) is 0 Å². The molecule has 1 aliphatic heterocycles. The number of rotatable bonds is 1. The van der Waals surface area contributed by atoms with Crippen LogP contribution in [0.3, 0.4) is 0 Å². The number of hydrogen-bond acceptors (Lipinski definition) is 2. The molecule has 0 atom stereocenters. The lowest BCUT2D eigenvalue weighted by molar-refractivity contribution is 0.166. The topological polar surface area (TPSA) is 56.1 Å². The number of benzene rings is 1. The lowest BCUT2D eigenvalue weighted by Gasteiger charge is -2.34. The molecule has 1 aliphatic rings. The summed E-state index contributed by atoms with van der Waals surface area (Å²) < 4.78 is 13.4. The Bertz CT molecular complexity index is 516. The summed E-state index contributed by atoms with van der Waals surface area (Å²) in [5, 5.41) is 11.6. The quantitative estimate of drug-likeness (QED) is 0.844. The van der Waals surface area contributed by atoms with Gasteiger partial charge in [-0.1, -0.05) is 12.1 Å². The molecule has 100 valence electrons. The van der Waals surface area contributed by atoms with E-state index in [0.717, 1.165) is 0 Å². The Labute approximate surface area is 111 Å². The fourth-order valence-corrected chi connectivity index (χ4v) is 2.07. The minimum absolute atomic E-state index is 0.182. The summed E-state index contributed by atoms with van der Waals surface area (Å²) >= 11 is 0. The summed E-state index contributed by atoms with van der Waals surface area (Å²) in [4.78, 5) is 13.6. The predicted molar refractivity (Wildman–Crippen MR) is 69.9 cm³/mol. The van der Waals surface area contributed by atoms with Gasteiger partial charge in [-0.3, -0.25) is 0 Å². The Balaban J connectivity index is 1.96. The predicted octanol–water partition coefficient (Wildman–Crippen LogP) is 2.98. The molecule has 4 nitrogen and oxygen atoms in total. The Hall–Kier alpha value is -2.09. The molecule has 1 aromatic rings. The van der Waals surface area contributed by atoms with Crippen LogP contribution in [0.15, 0.2) is 24.3 Å². The Kier molecular flexibility index (Phi) is 3.70. The maximum absolute atomic E-state index is 13.4. The average Bonchev–Trinajstić information content (AvgIpc) is 2.42. The fraction of sp³-hybridized carbons (Fsp3) is 0.429. The number of nitriles is 1. The van der Waals surface area contributed by atoms with Crippen LogP contribution < -0.4 is 5.32 Å². The molecule has 0 bridgehead atoms. The van der Waals surface area contributed by atoms with Crippen molar-refractivity contribution in [3.63, 3.8) is 0 Å². The van der Waals surface area contributed by atoms with Gasteiger partial charge in [0.2, 0.25) is 0 Å². The number of urea groups is 1. The van der Waals surface area contributed by atoms with Crippen molar-refractivity contribution in [2.75, 3.05) is 18.4 Å². The van der Waals surface area contributed by atoms with Gasteiger partial charge in [-0.2, -0.15) is 5.26 Å². The molecule has 1 N–H and O–H groups in total. The van der Waals surface area contributed by atoms with Crippen molar-refractivity contribution >= 4 is 11.7 Å². The van der Waals surface area contributed by atoms with E-state index in [2.05, 4.69) is 11.4 Å². The average molecular weight is 261 g/mol. The van der Waals surface area contributed by atoms with Gasteiger partial charge < -0.3 is 10.2 Å². The van der Waals surface area contributed by atoms with E-state index in [0.29, 0.717) is 25.9 Å². The number of likely N-dealkylation sites (tertiary alicyclic amines) is 1. The first-order valence-electron chi connectivity index (χ1n) is 6.26. The number of piperidine rings is 1. The molecule has 2 amide bonds. The molecule has 0 spiro atoms. The molecule has 2 rings (SSSR count). The Morgan fingerprint density at radius 3 is 2.63 bits per heavy atom. The van der Waals surface area contributed by atoms with Crippen LogP contribution in [-0.2, 0) is 0 Å². The van der Waals surface area contributed by atoms with Gasteiger partial charge in [0.1, 0.15) is 5.82 Å². The maximum Gasteiger partial charge on any atom is 0.321 e. The van der Waals surface area contributed by atoms with Crippen molar-refractivity contribution in [1.29, 1.82) is 5.26 Å². The van der Waals surface area contributed by atoms with Crippen molar-refractivity contribution in [3.05, 3.63) is 30.1 Å². The molecule has 0 aliphatic carbocycles. The van der Waals surface area contributed by atoms with E-state index in [1.807, 2.05) is 6.92 Å².